The molecule has 0 atom stereocenters. The smallest absolute Gasteiger partial charge is 0.226 e. The van der Waals surface area contributed by atoms with E-state index in [2.05, 4.69) is 51.8 Å². The number of fused-ring (bicyclic) bond motifs is 3. The van der Waals surface area contributed by atoms with Gasteiger partial charge in [-0.25, -0.2) is 4.98 Å². The van der Waals surface area contributed by atoms with Gasteiger partial charge in [0.15, 0.2) is 0 Å². The topological polar surface area (TPSA) is 59.8 Å². The predicted octanol–water partition coefficient (Wildman–Crippen LogP) is 2.88. The first-order valence-corrected chi connectivity index (χ1v) is 7.63. The fourth-order valence-electron chi connectivity index (χ4n) is 3.01. The van der Waals surface area contributed by atoms with Crippen molar-refractivity contribution >= 4 is 11.6 Å². The van der Waals surface area contributed by atoms with Gasteiger partial charge in [-0.1, -0.05) is 30.3 Å². The van der Waals surface area contributed by atoms with Crippen molar-refractivity contribution < 1.29 is 4.79 Å². The molecule has 1 heterocycles. The SMILES string of the molecule is O=C(CCn1cncn1)Nc1ccc2c(c1)Cc1ccccc1-2. The molecule has 0 saturated carbocycles. The van der Waals surface area contributed by atoms with Crippen molar-refractivity contribution in [1.82, 2.24) is 14.8 Å². The van der Waals surface area contributed by atoms with Crippen LogP contribution in [0.15, 0.2) is 55.1 Å². The van der Waals surface area contributed by atoms with Crippen LogP contribution in [0.2, 0.25) is 0 Å². The van der Waals surface area contributed by atoms with Crippen molar-refractivity contribution in [1.29, 1.82) is 0 Å². The number of anilines is 1. The van der Waals surface area contributed by atoms with Crippen LogP contribution in [0.3, 0.4) is 0 Å². The number of hydrogen-bond acceptors (Lipinski definition) is 3. The summed E-state index contributed by atoms with van der Waals surface area (Å²) in [6, 6.07) is 14.6. The van der Waals surface area contributed by atoms with E-state index in [9.17, 15) is 4.79 Å². The normalized spacial score (nSPS) is 11.8. The van der Waals surface area contributed by atoms with Crippen molar-refractivity contribution in [3.63, 3.8) is 0 Å². The zero-order chi connectivity index (χ0) is 15.6. The number of carbonyl (C=O) groups is 1. The summed E-state index contributed by atoms with van der Waals surface area (Å²) >= 11 is 0. The minimum absolute atomic E-state index is 0.0176. The summed E-state index contributed by atoms with van der Waals surface area (Å²) < 4.78 is 1.65. The van der Waals surface area contributed by atoms with E-state index >= 15 is 0 Å². The molecule has 5 heteroatoms. The van der Waals surface area contributed by atoms with Gasteiger partial charge in [-0.05, 0) is 40.8 Å². The van der Waals surface area contributed by atoms with Crippen LogP contribution in [0.4, 0.5) is 5.69 Å². The highest BCUT2D eigenvalue weighted by Crippen LogP contribution is 2.37. The van der Waals surface area contributed by atoms with Crippen LogP contribution in [0.25, 0.3) is 11.1 Å². The summed E-state index contributed by atoms with van der Waals surface area (Å²) in [5, 5.41) is 6.95. The molecule has 5 nitrogen and oxygen atoms in total. The molecule has 0 fully saturated rings. The third kappa shape index (κ3) is 2.73. The van der Waals surface area contributed by atoms with E-state index in [4.69, 9.17) is 0 Å². The Morgan fingerprint density at radius 2 is 2.00 bits per heavy atom. The highest BCUT2D eigenvalue weighted by molar-refractivity contribution is 5.91. The lowest BCUT2D eigenvalue weighted by Crippen LogP contribution is -2.14. The van der Waals surface area contributed by atoms with Crippen LogP contribution in [-0.4, -0.2) is 20.7 Å². The van der Waals surface area contributed by atoms with Gasteiger partial charge in [0, 0.05) is 12.1 Å². The Bertz CT molecular complexity index is 855. The molecule has 0 saturated heterocycles. The molecule has 1 aromatic heterocycles. The van der Waals surface area contributed by atoms with E-state index in [1.807, 2.05) is 6.07 Å². The largest absolute Gasteiger partial charge is 0.326 e. The second-order valence-electron chi connectivity index (χ2n) is 5.66. The van der Waals surface area contributed by atoms with Crippen LogP contribution >= 0.6 is 0 Å². The van der Waals surface area contributed by atoms with E-state index in [0.29, 0.717) is 13.0 Å². The maximum atomic E-state index is 12.1. The number of carbonyl (C=O) groups excluding carboxylic acids is 1. The fourth-order valence-corrected chi connectivity index (χ4v) is 3.01. The average Bonchev–Trinajstić information content (AvgIpc) is 3.20. The van der Waals surface area contributed by atoms with E-state index in [-0.39, 0.29) is 5.91 Å². The van der Waals surface area contributed by atoms with Gasteiger partial charge in [-0.2, -0.15) is 5.10 Å². The molecular weight excluding hydrogens is 288 g/mol. The third-order valence-corrected chi connectivity index (χ3v) is 4.11. The van der Waals surface area contributed by atoms with E-state index in [0.717, 1.165) is 12.1 Å². The van der Waals surface area contributed by atoms with Gasteiger partial charge in [0.1, 0.15) is 12.7 Å². The fraction of sp³-hybridized carbons (Fsp3) is 0.167. The molecule has 1 amide bonds. The molecule has 1 aliphatic carbocycles. The van der Waals surface area contributed by atoms with Gasteiger partial charge in [0.25, 0.3) is 0 Å². The number of nitrogens with zero attached hydrogens (tertiary/aromatic N) is 3. The van der Waals surface area contributed by atoms with Gasteiger partial charge in [0.05, 0.1) is 6.54 Å². The van der Waals surface area contributed by atoms with Gasteiger partial charge in [0.2, 0.25) is 5.91 Å². The van der Waals surface area contributed by atoms with E-state index in [1.54, 1.807) is 11.0 Å². The van der Waals surface area contributed by atoms with Crippen LogP contribution in [0.1, 0.15) is 17.5 Å². The number of nitrogens with one attached hydrogen (secondary N) is 1. The summed E-state index contributed by atoms with van der Waals surface area (Å²) in [5.74, 6) is -0.0176. The Kier molecular flexibility index (Phi) is 3.38. The zero-order valence-corrected chi connectivity index (χ0v) is 12.6. The monoisotopic (exact) mass is 304 g/mol. The summed E-state index contributed by atoms with van der Waals surface area (Å²) in [6.07, 6.45) is 4.38. The number of benzene rings is 2. The van der Waals surface area contributed by atoms with Crippen LogP contribution < -0.4 is 5.32 Å². The molecule has 0 spiro atoms. The average molecular weight is 304 g/mol. The maximum absolute atomic E-state index is 12.1. The van der Waals surface area contributed by atoms with Crippen molar-refractivity contribution in [2.45, 2.75) is 19.4 Å². The van der Waals surface area contributed by atoms with Gasteiger partial charge >= 0.3 is 0 Å². The van der Waals surface area contributed by atoms with Crippen molar-refractivity contribution in [2.75, 3.05) is 5.32 Å². The Labute approximate surface area is 134 Å². The van der Waals surface area contributed by atoms with E-state index < -0.39 is 0 Å². The minimum Gasteiger partial charge on any atom is -0.326 e. The van der Waals surface area contributed by atoms with Crippen LogP contribution in [0.5, 0.6) is 0 Å². The summed E-state index contributed by atoms with van der Waals surface area (Å²) in [4.78, 5) is 15.9. The van der Waals surface area contributed by atoms with E-state index in [1.165, 1.54) is 28.6 Å². The maximum Gasteiger partial charge on any atom is 0.226 e. The molecular formula is C18H16N4O. The molecule has 23 heavy (non-hydrogen) atoms. The van der Waals surface area contributed by atoms with Crippen molar-refractivity contribution in [3.05, 3.63) is 66.2 Å². The third-order valence-electron chi connectivity index (χ3n) is 4.11. The summed E-state index contributed by atoms with van der Waals surface area (Å²) in [6.45, 7) is 0.530. The predicted molar refractivity (Wildman–Crippen MR) is 88.0 cm³/mol. The molecule has 0 aliphatic heterocycles. The highest BCUT2D eigenvalue weighted by Gasteiger charge is 2.18. The molecule has 1 N–H and O–H groups in total. The molecule has 4 rings (SSSR count). The second-order valence-corrected chi connectivity index (χ2v) is 5.66. The first-order chi connectivity index (χ1) is 11.3. The van der Waals surface area contributed by atoms with Gasteiger partial charge in [-0.3, -0.25) is 9.48 Å². The minimum atomic E-state index is -0.0176. The number of rotatable bonds is 4. The standard InChI is InChI=1S/C18H16N4O/c23-18(7-8-22-12-19-11-20-22)21-15-5-6-17-14(10-15)9-13-3-1-2-4-16(13)17/h1-6,10-12H,7-9H2,(H,21,23). The zero-order valence-electron chi connectivity index (χ0n) is 12.6. The van der Waals surface area contributed by atoms with Crippen molar-refractivity contribution in [3.8, 4) is 11.1 Å². The number of aromatic nitrogens is 3. The lowest BCUT2D eigenvalue weighted by Gasteiger charge is -2.08. The summed E-state index contributed by atoms with van der Waals surface area (Å²) in [5.41, 5.74) is 6.02. The van der Waals surface area contributed by atoms with Crippen LogP contribution in [-0.2, 0) is 17.8 Å². The highest BCUT2D eigenvalue weighted by atomic mass is 16.1. The molecule has 0 bridgehead atoms. The molecule has 3 aromatic rings. The van der Waals surface area contributed by atoms with Crippen molar-refractivity contribution in [2.24, 2.45) is 0 Å². The number of aryl methyl sites for hydroxylation is 1. The van der Waals surface area contributed by atoms with Gasteiger partial charge in [-0.15, -0.1) is 0 Å². The Hall–Kier alpha value is -2.95. The molecule has 0 radical (unpaired) electrons. The lowest BCUT2D eigenvalue weighted by atomic mass is 10.1. The summed E-state index contributed by atoms with van der Waals surface area (Å²) in [7, 11) is 0. The second kappa shape index (κ2) is 5.68. The molecule has 0 unspecified atom stereocenters. The molecule has 2 aromatic carbocycles. The quantitative estimate of drug-likeness (QED) is 0.630. The van der Waals surface area contributed by atoms with Gasteiger partial charge < -0.3 is 5.32 Å². The lowest BCUT2D eigenvalue weighted by molar-refractivity contribution is -0.116. The molecule has 114 valence electrons. The Morgan fingerprint density at radius 1 is 1.13 bits per heavy atom. The number of hydrogen-bond donors (Lipinski definition) is 1. The Morgan fingerprint density at radius 3 is 2.87 bits per heavy atom. The first kappa shape index (κ1) is 13.7. The number of amides is 1. The Balaban J connectivity index is 1.45. The first-order valence-electron chi connectivity index (χ1n) is 7.63. The molecule has 1 aliphatic rings. The van der Waals surface area contributed by atoms with Crippen LogP contribution in [0, 0.1) is 0 Å².